The van der Waals surface area contributed by atoms with Crippen LogP contribution in [0.2, 0.25) is 5.02 Å². The van der Waals surface area contributed by atoms with E-state index in [1.807, 2.05) is 37.3 Å². The van der Waals surface area contributed by atoms with Crippen molar-refractivity contribution in [3.63, 3.8) is 0 Å². The molecule has 2 heterocycles. The van der Waals surface area contributed by atoms with Crippen LogP contribution in [0.5, 0.6) is 5.75 Å². The predicted octanol–water partition coefficient (Wildman–Crippen LogP) is 3.46. The Morgan fingerprint density at radius 1 is 0.917 bits per heavy atom. The number of benzene rings is 3. The van der Waals surface area contributed by atoms with Gasteiger partial charge in [-0.2, -0.15) is 0 Å². The molecule has 2 aliphatic heterocycles. The van der Waals surface area contributed by atoms with Crippen LogP contribution in [0.15, 0.2) is 54.6 Å². The van der Waals surface area contributed by atoms with Crippen molar-refractivity contribution in [3.05, 3.63) is 76.3 Å². The lowest BCUT2D eigenvalue weighted by Gasteiger charge is -2.36. The maximum Gasteiger partial charge on any atom is 0.261 e. The van der Waals surface area contributed by atoms with E-state index in [-0.39, 0.29) is 18.4 Å². The number of carbonyl (C=O) groups is 2. The largest absolute Gasteiger partial charge is 0.491 e. The smallest absolute Gasteiger partial charge is 0.261 e. The Bertz CT molecular complexity index is 1240. The molecule has 7 nitrogen and oxygen atoms in total. The van der Waals surface area contributed by atoms with Crippen LogP contribution >= 0.6 is 11.6 Å². The van der Waals surface area contributed by atoms with E-state index in [2.05, 4.69) is 9.80 Å². The second kappa shape index (κ2) is 10.6. The highest BCUT2D eigenvalue weighted by molar-refractivity contribution is 6.31. The van der Waals surface area contributed by atoms with Gasteiger partial charge in [0, 0.05) is 67.3 Å². The number of rotatable bonds is 8. The van der Waals surface area contributed by atoms with Gasteiger partial charge in [-0.1, -0.05) is 35.9 Å². The van der Waals surface area contributed by atoms with Crippen LogP contribution in [-0.2, 0) is 0 Å². The SMILES string of the molecule is Cc1cc(OC[C@H](O)CN2CCN(CCN3C(=O)c4cccc5cccc(c45)C3=O)CC2)ccc1Cl. The van der Waals surface area contributed by atoms with E-state index >= 15 is 0 Å². The molecule has 1 saturated heterocycles. The fourth-order valence-corrected chi connectivity index (χ4v) is 5.09. The van der Waals surface area contributed by atoms with Crippen molar-refractivity contribution in [1.29, 1.82) is 0 Å². The molecule has 188 valence electrons. The molecule has 2 aliphatic rings. The third kappa shape index (κ3) is 5.11. The molecule has 1 fully saturated rings. The number of aryl methyl sites for hydroxylation is 1. The first-order valence-corrected chi connectivity index (χ1v) is 12.7. The van der Waals surface area contributed by atoms with Crippen LogP contribution in [0.25, 0.3) is 10.8 Å². The van der Waals surface area contributed by atoms with Gasteiger partial charge in [0.05, 0.1) is 0 Å². The Morgan fingerprint density at radius 2 is 1.56 bits per heavy atom. The molecule has 8 heteroatoms. The molecule has 5 rings (SSSR count). The molecule has 0 unspecified atom stereocenters. The maximum absolute atomic E-state index is 13.1. The van der Waals surface area contributed by atoms with Crippen molar-refractivity contribution in [3.8, 4) is 5.75 Å². The van der Waals surface area contributed by atoms with Crippen LogP contribution in [0.3, 0.4) is 0 Å². The van der Waals surface area contributed by atoms with Gasteiger partial charge in [-0.05, 0) is 48.2 Å². The van der Waals surface area contributed by atoms with Gasteiger partial charge in [-0.15, -0.1) is 0 Å². The minimum absolute atomic E-state index is 0.217. The summed E-state index contributed by atoms with van der Waals surface area (Å²) in [6.45, 7) is 6.89. The van der Waals surface area contributed by atoms with Gasteiger partial charge >= 0.3 is 0 Å². The molecule has 0 bridgehead atoms. The number of amides is 2. The number of ether oxygens (including phenoxy) is 1. The summed E-state index contributed by atoms with van der Waals surface area (Å²) in [5.41, 5.74) is 2.13. The van der Waals surface area contributed by atoms with Crippen molar-refractivity contribution in [2.75, 3.05) is 52.4 Å². The number of piperazine rings is 1. The summed E-state index contributed by atoms with van der Waals surface area (Å²) in [4.78, 5) is 32.0. The van der Waals surface area contributed by atoms with Crippen LogP contribution < -0.4 is 4.74 Å². The number of carbonyl (C=O) groups excluding carboxylic acids is 2. The van der Waals surface area contributed by atoms with Crippen LogP contribution in [0, 0.1) is 6.92 Å². The molecular formula is C28H30ClN3O4. The van der Waals surface area contributed by atoms with E-state index in [0.29, 0.717) is 41.5 Å². The van der Waals surface area contributed by atoms with E-state index in [0.717, 1.165) is 42.5 Å². The normalized spacial score (nSPS) is 17.6. The van der Waals surface area contributed by atoms with Gasteiger partial charge in [0.1, 0.15) is 18.5 Å². The molecule has 0 aromatic heterocycles. The molecule has 3 aromatic rings. The molecule has 0 radical (unpaired) electrons. The fraction of sp³-hybridized carbons (Fsp3) is 0.357. The van der Waals surface area contributed by atoms with Gasteiger partial charge in [0.25, 0.3) is 11.8 Å². The predicted molar refractivity (Wildman–Crippen MR) is 140 cm³/mol. The molecule has 3 aromatic carbocycles. The number of hydrogen-bond donors (Lipinski definition) is 1. The highest BCUT2D eigenvalue weighted by Gasteiger charge is 2.33. The second-order valence-electron chi connectivity index (χ2n) is 9.49. The molecule has 1 atom stereocenters. The number of imide groups is 1. The summed E-state index contributed by atoms with van der Waals surface area (Å²) in [5, 5.41) is 12.8. The van der Waals surface area contributed by atoms with Crippen LogP contribution in [-0.4, -0.2) is 90.1 Å². The molecule has 0 saturated carbocycles. The van der Waals surface area contributed by atoms with Crippen LogP contribution in [0.1, 0.15) is 26.3 Å². The number of aliphatic hydroxyl groups excluding tert-OH is 1. The Balaban J connectivity index is 1.09. The highest BCUT2D eigenvalue weighted by Crippen LogP contribution is 2.30. The number of hydrogen-bond acceptors (Lipinski definition) is 6. The Kier molecular flexibility index (Phi) is 7.25. The lowest BCUT2D eigenvalue weighted by molar-refractivity contribution is 0.0416. The maximum atomic E-state index is 13.1. The monoisotopic (exact) mass is 507 g/mol. The first-order chi connectivity index (χ1) is 17.4. The molecule has 0 aliphatic carbocycles. The standard InChI is InChI=1S/C28H30ClN3O4/c1-19-16-22(8-9-25(19)29)36-18-21(33)17-31-12-10-30(11-13-31)14-15-32-27(34)23-6-2-4-20-5-3-7-24(26(20)23)28(32)35/h2-9,16,21,33H,10-15,17-18H2,1H3/t21-/m1/s1. The van der Waals surface area contributed by atoms with Gasteiger partial charge in [-0.3, -0.25) is 24.3 Å². The van der Waals surface area contributed by atoms with E-state index in [4.69, 9.17) is 16.3 Å². The fourth-order valence-electron chi connectivity index (χ4n) is 4.97. The third-order valence-corrected chi connectivity index (χ3v) is 7.43. The van der Waals surface area contributed by atoms with E-state index in [1.165, 1.54) is 4.90 Å². The van der Waals surface area contributed by atoms with Gasteiger partial charge in [0.2, 0.25) is 0 Å². The van der Waals surface area contributed by atoms with Crippen molar-refractivity contribution in [1.82, 2.24) is 14.7 Å². The summed E-state index contributed by atoms with van der Waals surface area (Å²) in [6.07, 6.45) is -0.598. The minimum Gasteiger partial charge on any atom is -0.491 e. The van der Waals surface area contributed by atoms with Gasteiger partial charge in [0.15, 0.2) is 0 Å². The lowest BCUT2D eigenvalue weighted by Crippen LogP contribution is -2.51. The van der Waals surface area contributed by atoms with Crippen molar-refractivity contribution < 1.29 is 19.4 Å². The third-order valence-electron chi connectivity index (χ3n) is 7.00. The Labute approximate surface area is 215 Å². The molecule has 0 spiro atoms. The Morgan fingerprint density at radius 3 is 2.19 bits per heavy atom. The molecular weight excluding hydrogens is 478 g/mol. The first kappa shape index (κ1) is 24.7. The van der Waals surface area contributed by atoms with Crippen molar-refractivity contribution in [2.24, 2.45) is 0 Å². The number of nitrogens with zero attached hydrogens (tertiary/aromatic N) is 3. The molecule has 1 N–H and O–H groups in total. The zero-order valence-electron chi connectivity index (χ0n) is 20.3. The zero-order chi connectivity index (χ0) is 25.2. The van der Waals surface area contributed by atoms with Crippen LogP contribution in [0.4, 0.5) is 0 Å². The summed E-state index contributed by atoms with van der Waals surface area (Å²) in [6, 6.07) is 16.7. The lowest BCUT2D eigenvalue weighted by atomic mass is 9.94. The average Bonchev–Trinajstić information content (AvgIpc) is 2.88. The van der Waals surface area contributed by atoms with E-state index in [9.17, 15) is 14.7 Å². The summed E-state index contributed by atoms with van der Waals surface area (Å²) < 4.78 is 5.72. The number of aliphatic hydroxyl groups is 1. The van der Waals surface area contributed by atoms with Crippen molar-refractivity contribution in [2.45, 2.75) is 13.0 Å². The average molecular weight is 508 g/mol. The van der Waals surface area contributed by atoms with E-state index < -0.39 is 6.10 Å². The summed E-state index contributed by atoms with van der Waals surface area (Å²) in [5.74, 6) is 0.255. The quantitative estimate of drug-likeness (QED) is 0.471. The first-order valence-electron chi connectivity index (χ1n) is 12.3. The second-order valence-corrected chi connectivity index (χ2v) is 9.90. The summed E-state index contributed by atoms with van der Waals surface area (Å²) >= 11 is 6.05. The van der Waals surface area contributed by atoms with Gasteiger partial charge < -0.3 is 9.84 Å². The zero-order valence-corrected chi connectivity index (χ0v) is 21.1. The molecule has 2 amide bonds. The van der Waals surface area contributed by atoms with E-state index in [1.54, 1.807) is 24.3 Å². The minimum atomic E-state index is -0.598. The Hall–Kier alpha value is -2.97. The van der Waals surface area contributed by atoms with Crippen molar-refractivity contribution >= 4 is 34.2 Å². The van der Waals surface area contributed by atoms with Gasteiger partial charge in [-0.25, -0.2) is 0 Å². The number of β-amino-alcohol motifs (C(OH)–C–C–N with tert-alkyl or cyclic N) is 1. The molecule has 36 heavy (non-hydrogen) atoms. The summed E-state index contributed by atoms with van der Waals surface area (Å²) in [7, 11) is 0. The highest BCUT2D eigenvalue weighted by atomic mass is 35.5. The topological polar surface area (TPSA) is 73.3 Å². The number of halogens is 1.